The van der Waals surface area contributed by atoms with Crippen molar-refractivity contribution in [2.24, 2.45) is 0 Å². The molecule has 1 aromatic carbocycles. The van der Waals surface area contributed by atoms with Gasteiger partial charge in [-0.05, 0) is 12.1 Å². The molecule has 3 rings (SSSR count). The molecular weight excluding hydrogens is 308 g/mol. The fourth-order valence-electron chi connectivity index (χ4n) is 2.64. The molecule has 0 aliphatic carbocycles. The predicted octanol–water partition coefficient (Wildman–Crippen LogP) is 2.09. The van der Waals surface area contributed by atoms with Crippen LogP contribution in [0.4, 0.5) is 8.78 Å². The number of nitrogens with one attached hydrogen (secondary N) is 1. The maximum absolute atomic E-state index is 13.8. The van der Waals surface area contributed by atoms with Gasteiger partial charge in [-0.15, -0.1) is 0 Å². The highest BCUT2D eigenvalue weighted by molar-refractivity contribution is 5.93. The number of hydrogen-bond acceptors (Lipinski definition) is 4. The molecule has 1 aliphatic heterocycles. The van der Waals surface area contributed by atoms with Gasteiger partial charge in [-0.1, -0.05) is 6.07 Å². The molecular formula is C16H15F2NO4. The third-order valence-electron chi connectivity index (χ3n) is 3.78. The summed E-state index contributed by atoms with van der Waals surface area (Å²) in [6.07, 6.45) is 1.95. The Morgan fingerprint density at radius 3 is 2.78 bits per heavy atom. The van der Waals surface area contributed by atoms with Crippen LogP contribution in [0.1, 0.15) is 33.3 Å². The van der Waals surface area contributed by atoms with Crippen molar-refractivity contribution in [1.82, 2.24) is 5.32 Å². The van der Waals surface area contributed by atoms with Gasteiger partial charge in [0.05, 0.1) is 32.1 Å². The number of carbonyl (C=O) groups is 1. The molecule has 0 spiro atoms. The largest absolute Gasteiger partial charge is 0.459 e. The number of fused-ring (bicyclic) bond motifs is 1. The van der Waals surface area contributed by atoms with Crippen LogP contribution in [0.5, 0.6) is 0 Å². The van der Waals surface area contributed by atoms with Crippen LogP contribution in [0.2, 0.25) is 0 Å². The zero-order chi connectivity index (χ0) is 16.4. The lowest BCUT2D eigenvalue weighted by molar-refractivity contribution is 0.0880. The highest BCUT2D eigenvalue weighted by atomic mass is 19.1. The smallest absolute Gasteiger partial charge is 0.287 e. The maximum Gasteiger partial charge on any atom is 0.287 e. The summed E-state index contributed by atoms with van der Waals surface area (Å²) in [5, 5.41) is 11.8. The first-order chi connectivity index (χ1) is 11.1. The first-order valence-corrected chi connectivity index (χ1v) is 7.14. The summed E-state index contributed by atoms with van der Waals surface area (Å²) in [5.41, 5.74) is 1.12. The third-order valence-corrected chi connectivity index (χ3v) is 3.78. The van der Waals surface area contributed by atoms with E-state index >= 15 is 0 Å². The second-order valence-corrected chi connectivity index (χ2v) is 5.22. The van der Waals surface area contributed by atoms with E-state index in [1.807, 2.05) is 0 Å². The van der Waals surface area contributed by atoms with Gasteiger partial charge in [-0.25, -0.2) is 8.78 Å². The van der Waals surface area contributed by atoms with Crippen molar-refractivity contribution < 1.29 is 27.8 Å². The molecule has 5 nitrogen and oxygen atoms in total. The second-order valence-electron chi connectivity index (χ2n) is 5.22. The van der Waals surface area contributed by atoms with Gasteiger partial charge in [0.2, 0.25) is 0 Å². The zero-order valence-electron chi connectivity index (χ0n) is 12.1. The molecule has 1 aromatic heterocycles. The van der Waals surface area contributed by atoms with Crippen molar-refractivity contribution in [1.29, 1.82) is 0 Å². The summed E-state index contributed by atoms with van der Waals surface area (Å²) >= 11 is 0. The molecule has 0 fully saturated rings. The van der Waals surface area contributed by atoms with E-state index in [9.17, 15) is 18.7 Å². The summed E-state index contributed by atoms with van der Waals surface area (Å²) < 4.78 is 38.1. The van der Waals surface area contributed by atoms with Crippen molar-refractivity contribution in [3.05, 3.63) is 58.5 Å². The summed E-state index contributed by atoms with van der Waals surface area (Å²) in [4.78, 5) is 12.3. The van der Waals surface area contributed by atoms with E-state index in [0.717, 1.165) is 23.3 Å². The lowest BCUT2D eigenvalue weighted by atomic mass is 10.0. The molecule has 0 bridgehead atoms. The Labute approximate surface area is 130 Å². The van der Waals surface area contributed by atoms with Crippen LogP contribution in [0.25, 0.3) is 0 Å². The standard InChI is InChI=1S/C16H15F2NO4/c17-11-2-1-3-12(18)14(11)13(6-20)19-16(21)15-10-4-5-22-7-9(10)8-23-15/h1-3,8,13,20H,4-7H2,(H,19,21). The number of ether oxygens (including phenoxy) is 1. The van der Waals surface area contributed by atoms with E-state index in [1.165, 1.54) is 12.3 Å². The molecule has 0 saturated carbocycles. The Morgan fingerprint density at radius 2 is 2.09 bits per heavy atom. The highest BCUT2D eigenvalue weighted by Crippen LogP contribution is 2.25. The average Bonchev–Trinajstić information content (AvgIpc) is 2.97. The van der Waals surface area contributed by atoms with Gasteiger partial charge < -0.3 is 19.6 Å². The minimum atomic E-state index is -1.20. The highest BCUT2D eigenvalue weighted by Gasteiger charge is 2.27. The summed E-state index contributed by atoms with van der Waals surface area (Å²) in [6, 6.07) is 2.15. The van der Waals surface area contributed by atoms with Crippen molar-refractivity contribution in [3.63, 3.8) is 0 Å². The fraction of sp³-hybridized carbons (Fsp3) is 0.312. The van der Waals surface area contributed by atoms with Crippen LogP contribution in [0, 0.1) is 11.6 Å². The van der Waals surface area contributed by atoms with Crippen LogP contribution in [-0.4, -0.2) is 24.2 Å². The summed E-state index contributed by atoms with van der Waals surface area (Å²) in [7, 11) is 0. The van der Waals surface area contributed by atoms with E-state index in [1.54, 1.807) is 0 Å². The monoisotopic (exact) mass is 323 g/mol. The molecule has 2 aromatic rings. The molecule has 1 unspecified atom stereocenters. The molecule has 2 heterocycles. The topological polar surface area (TPSA) is 71.7 Å². The van der Waals surface area contributed by atoms with Gasteiger partial charge in [0.1, 0.15) is 11.6 Å². The Bertz CT molecular complexity index is 709. The van der Waals surface area contributed by atoms with E-state index in [-0.39, 0.29) is 11.3 Å². The van der Waals surface area contributed by atoms with E-state index < -0.39 is 30.2 Å². The number of amides is 1. The molecule has 0 saturated heterocycles. The lowest BCUT2D eigenvalue weighted by Gasteiger charge is -2.18. The van der Waals surface area contributed by atoms with Gasteiger partial charge in [0, 0.05) is 23.1 Å². The molecule has 23 heavy (non-hydrogen) atoms. The Hall–Kier alpha value is -2.25. The second kappa shape index (κ2) is 6.47. The minimum absolute atomic E-state index is 0.0819. The molecule has 1 aliphatic rings. The molecule has 1 atom stereocenters. The Balaban J connectivity index is 1.85. The number of benzene rings is 1. The molecule has 1 amide bonds. The number of aliphatic hydroxyl groups is 1. The molecule has 2 N–H and O–H groups in total. The fourth-order valence-corrected chi connectivity index (χ4v) is 2.64. The number of aliphatic hydroxyl groups excluding tert-OH is 1. The van der Waals surface area contributed by atoms with Gasteiger partial charge in [-0.2, -0.15) is 0 Å². The van der Waals surface area contributed by atoms with Crippen LogP contribution in [0.15, 0.2) is 28.9 Å². The Morgan fingerprint density at radius 1 is 1.35 bits per heavy atom. The molecule has 122 valence electrons. The van der Waals surface area contributed by atoms with E-state index in [2.05, 4.69) is 5.32 Å². The molecule has 0 radical (unpaired) electrons. The summed E-state index contributed by atoms with van der Waals surface area (Å²) in [6.45, 7) is 0.186. The number of furan rings is 1. The van der Waals surface area contributed by atoms with E-state index in [4.69, 9.17) is 9.15 Å². The number of hydrogen-bond donors (Lipinski definition) is 2. The van der Waals surface area contributed by atoms with Crippen LogP contribution >= 0.6 is 0 Å². The first-order valence-electron chi connectivity index (χ1n) is 7.14. The number of rotatable bonds is 4. The van der Waals surface area contributed by atoms with Crippen LogP contribution < -0.4 is 5.32 Å². The molecule has 7 heteroatoms. The van der Waals surface area contributed by atoms with Gasteiger partial charge >= 0.3 is 0 Å². The maximum atomic E-state index is 13.8. The van der Waals surface area contributed by atoms with Crippen molar-refractivity contribution in [2.75, 3.05) is 13.2 Å². The van der Waals surface area contributed by atoms with Gasteiger partial charge in [-0.3, -0.25) is 4.79 Å². The number of halogens is 2. The zero-order valence-corrected chi connectivity index (χ0v) is 12.1. The third kappa shape index (κ3) is 2.97. The quantitative estimate of drug-likeness (QED) is 0.904. The lowest BCUT2D eigenvalue weighted by Crippen LogP contribution is -2.32. The SMILES string of the molecule is O=C(NC(CO)c1c(F)cccc1F)c1occ2c1CCOC2. The predicted molar refractivity (Wildman–Crippen MR) is 75.7 cm³/mol. The van der Waals surface area contributed by atoms with Crippen molar-refractivity contribution in [3.8, 4) is 0 Å². The average molecular weight is 323 g/mol. The Kier molecular flexibility index (Phi) is 4.40. The summed E-state index contributed by atoms with van der Waals surface area (Å²) in [5.74, 6) is -2.22. The van der Waals surface area contributed by atoms with Crippen molar-refractivity contribution >= 4 is 5.91 Å². The van der Waals surface area contributed by atoms with Crippen LogP contribution in [0.3, 0.4) is 0 Å². The minimum Gasteiger partial charge on any atom is -0.459 e. The van der Waals surface area contributed by atoms with E-state index in [0.29, 0.717) is 19.6 Å². The first kappa shape index (κ1) is 15.6. The van der Waals surface area contributed by atoms with Crippen molar-refractivity contribution in [2.45, 2.75) is 19.1 Å². The van der Waals surface area contributed by atoms with Gasteiger partial charge in [0.25, 0.3) is 5.91 Å². The van der Waals surface area contributed by atoms with Gasteiger partial charge in [0.15, 0.2) is 5.76 Å². The van der Waals surface area contributed by atoms with Crippen LogP contribution in [-0.2, 0) is 17.8 Å². The normalized spacial score (nSPS) is 15.1. The number of carbonyl (C=O) groups excluding carboxylic acids is 1.